The normalized spacial score (nSPS) is 17.6. The van der Waals surface area contributed by atoms with E-state index in [1.165, 1.54) is 0 Å². The van der Waals surface area contributed by atoms with Crippen molar-refractivity contribution in [2.45, 2.75) is 19.4 Å². The van der Waals surface area contributed by atoms with Crippen LogP contribution < -0.4 is 14.8 Å². The minimum absolute atomic E-state index is 0.0830. The van der Waals surface area contributed by atoms with Gasteiger partial charge in [-0.15, -0.1) is 0 Å². The van der Waals surface area contributed by atoms with Crippen LogP contribution in [0.25, 0.3) is 22.0 Å². The number of hydrogen-bond donors (Lipinski definition) is 1. The number of fused-ring (bicyclic) bond motifs is 1. The number of carbonyl (C=O) groups excluding carboxylic acids is 1. The number of ether oxygens (including phenoxy) is 2. The molecule has 3 heterocycles. The molecular formula is C21H21N3O3. The van der Waals surface area contributed by atoms with Crippen LogP contribution in [0.15, 0.2) is 48.8 Å². The fourth-order valence-corrected chi connectivity index (χ4v) is 3.37. The number of carbonyl (C=O) groups is 1. The average Bonchev–Trinajstić information content (AvgIpc) is 3.14. The van der Waals surface area contributed by atoms with Crippen LogP contribution in [0, 0.1) is 5.92 Å². The Balaban J connectivity index is 1.73. The van der Waals surface area contributed by atoms with Crippen molar-refractivity contribution in [1.29, 1.82) is 0 Å². The van der Waals surface area contributed by atoms with Crippen LogP contribution in [0.5, 0.6) is 11.6 Å². The molecule has 1 amide bonds. The van der Waals surface area contributed by atoms with Crippen LogP contribution in [0.1, 0.15) is 13.3 Å². The number of rotatable bonds is 5. The van der Waals surface area contributed by atoms with E-state index in [2.05, 4.69) is 15.3 Å². The highest BCUT2D eigenvalue weighted by atomic mass is 16.5. The molecule has 0 bridgehead atoms. The van der Waals surface area contributed by atoms with Crippen LogP contribution >= 0.6 is 0 Å². The van der Waals surface area contributed by atoms with Gasteiger partial charge in [0.1, 0.15) is 11.9 Å². The Kier molecular flexibility index (Phi) is 4.62. The molecule has 2 atom stereocenters. The highest BCUT2D eigenvalue weighted by Gasteiger charge is 2.28. The number of benzene rings is 1. The van der Waals surface area contributed by atoms with Crippen molar-refractivity contribution in [2.75, 3.05) is 13.7 Å². The minimum Gasteiger partial charge on any atom is -0.490 e. The molecular weight excluding hydrogens is 342 g/mol. The number of nitrogens with zero attached hydrogens (tertiary/aromatic N) is 2. The van der Waals surface area contributed by atoms with Gasteiger partial charge >= 0.3 is 0 Å². The quantitative estimate of drug-likeness (QED) is 0.753. The molecule has 0 saturated carbocycles. The summed E-state index contributed by atoms with van der Waals surface area (Å²) in [5.41, 5.74) is 2.81. The minimum atomic E-state index is -0.0883. The summed E-state index contributed by atoms with van der Waals surface area (Å²) in [4.78, 5) is 20.2. The summed E-state index contributed by atoms with van der Waals surface area (Å²) in [6.07, 6.45) is 3.90. The van der Waals surface area contributed by atoms with Gasteiger partial charge in [0.05, 0.1) is 12.6 Å². The van der Waals surface area contributed by atoms with E-state index >= 15 is 0 Å². The predicted octanol–water partition coefficient (Wildman–Crippen LogP) is 3.21. The Morgan fingerprint density at radius 3 is 2.81 bits per heavy atom. The van der Waals surface area contributed by atoms with Crippen LogP contribution in [0.2, 0.25) is 0 Å². The Morgan fingerprint density at radius 2 is 2.04 bits per heavy atom. The number of pyridine rings is 2. The molecule has 138 valence electrons. The van der Waals surface area contributed by atoms with E-state index < -0.39 is 0 Å². The summed E-state index contributed by atoms with van der Waals surface area (Å²) in [6, 6.07) is 11.8. The zero-order chi connectivity index (χ0) is 18.8. The third-order valence-electron chi connectivity index (χ3n) is 4.95. The lowest BCUT2D eigenvalue weighted by Gasteiger charge is -2.21. The summed E-state index contributed by atoms with van der Waals surface area (Å²) in [7, 11) is 1.60. The average molecular weight is 363 g/mol. The smallest absolute Gasteiger partial charge is 0.220 e. The van der Waals surface area contributed by atoms with Crippen molar-refractivity contribution in [3.8, 4) is 22.8 Å². The molecule has 0 spiro atoms. The van der Waals surface area contributed by atoms with E-state index in [0.29, 0.717) is 18.8 Å². The first kappa shape index (κ1) is 17.3. The molecule has 0 aliphatic carbocycles. The first-order valence-corrected chi connectivity index (χ1v) is 8.96. The fraction of sp³-hybridized carbons (Fsp3) is 0.286. The highest BCUT2D eigenvalue weighted by molar-refractivity contribution is 5.90. The number of aromatic nitrogens is 2. The molecule has 6 nitrogen and oxygen atoms in total. The van der Waals surface area contributed by atoms with Gasteiger partial charge in [-0.2, -0.15) is 0 Å². The third kappa shape index (κ3) is 3.56. The molecule has 3 aromatic rings. The molecule has 1 saturated heterocycles. The Hall–Kier alpha value is -3.15. The molecule has 2 aromatic heterocycles. The Bertz CT molecular complexity index is 989. The molecule has 1 N–H and O–H groups in total. The van der Waals surface area contributed by atoms with Crippen molar-refractivity contribution in [3.63, 3.8) is 0 Å². The van der Waals surface area contributed by atoms with E-state index in [0.717, 1.165) is 27.8 Å². The van der Waals surface area contributed by atoms with Gasteiger partial charge in [-0.25, -0.2) is 4.98 Å². The lowest BCUT2D eigenvalue weighted by Crippen LogP contribution is -2.25. The number of methoxy groups -OCH3 is 1. The van der Waals surface area contributed by atoms with E-state index in [-0.39, 0.29) is 17.9 Å². The first-order valence-electron chi connectivity index (χ1n) is 8.96. The van der Waals surface area contributed by atoms with Crippen molar-refractivity contribution in [2.24, 2.45) is 5.92 Å². The molecule has 6 heteroatoms. The maximum absolute atomic E-state index is 11.5. The monoisotopic (exact) mass is 363 g/mol. The molecule has 1 unspecified atom stereocenters. The molecule has 0 radical (unpaired) electrons. The molecule has 1 aliphatic rings. The van der Waals surface area contributed by atoms with Crippen molar-refractivity contribution in [1.82, 2.24) is 15.3 Å². The molecule has 1 fully saturated rings. The predicted molar refractivity (Wildman–Crippen MR) is 103 cm³/mol. The highest BCUT2D eigenvalue weighted by Crippen LogP contribution is 2.34. The van der Waals surface area contributed by atoms with E-state index in [1.54, 1.807) is 19.5 Å². The first-order chi connectivity index (χ1) is 13.1. The standard InChI is InChI=1S/C21H21N3O3/c1-13(16-10-20(25)24-12-16)27-19-9-15(8-18-17(19)4-3-6-22-18)14-5-7-23-21(11-14)26-2/h3-9,11,13,16H,10,12H2,1-2H3,(H,24,25)/t13-,16?/m1/s1. The zero-order valence-electron chi connectivity index (χ0n) is 15.3. The van der Waals surface area contributed by atoms with Crippen molar-refractivity contribution < 1.29 is 14.3 Å². The SMILES string of the molecule is COc1cc(-c2cc(O[C@H](C)C3CNC(=O)C3)c3cccnc3c2)ccn1. The maximum atomic E-state index is 11.5. The zero-order valence-corrected chi connectivity index (χ0v) is 15.3. The van der Waals surface area contributed by atoms with E-state index in [1.807, 2.05) is 43.3 Å². The fourth-order valence-electron chi connectivity index (χ4n) is 3.37. The van der Waals surface area contributed by atoms with Gasteiger partial charge in [0.25, 0.3) is 0 Å². The van der Waals surface area contributed by atoms with E-state index in [4.69, 9.17) is 9.47 Å². The Labute approximate surface area is 157 Å². The number of nitrogens with one attached hydrogen (secondary N) is 1. The lowest BCUT2D eigenvalue weighted by molar-refractivity contribution is -0.119. The number of amides is 1. The van der Waals surface area contributed by atoms with Crippen LogP contribution in [-0.4, -0.2) is 35.6 Å². The Morgan fingerprint density at radius 1 is 1.15 bits per heavy atom. The summed E-state index contributed by atoms with van der Waals surface area (Å²) in [5.74, 6) is 1.56. The van der Waals surface area contributed by atoms with Crippen LogP contribution in [-0.2, 0) is 4.79 Å². The second-order valence-electron chi connectivity index (χ2n) is 6.72. The number of hydrogen-bond acceptors (Lipinski definition) is 5. The maximum Gasteiger partial charge on any atom is 0.220 e. The third-order valence-corrected chi connectivity index (χ3v) is 4.95. The van der Waals surface area contributed by atoms with Crippen LogP contribution in [0.3, 0.4) is 0 Å². The molecule has 1 aromatic carbocycles. The van der Waals surface area contributed by atoms with Gasteiger partial charge in [0.2, 0.25) is 11.8 Å². The second kappa shape index (κ2) is 7.23. The van der Waals surface area contributed by atoms with Crippen molar-refractivity contribution in [3.05, 3.63) is 48.8 Å². The second-order valence-corrected chi connectivity index (χ2v) is 6.72. The largest absolute Gasteiger partial charge is 0.490 e. The van der Waals surface area contributed by atoms with Gasteiger partial charge in [-0.1, -0.05) is 0 Å². The topological polar surface area (TPSA) is 73.3 Å². The molecule has 1 aliphatic heterocycles. The molecule has 4 rings (SSSR count). The summed E-state index contributed by atoms with van der Waals surface area (Å²) < 4.78 is 11.5. The summed E-state index contributed by atoms with van der Waals surface area (Å²) >= 11 is 0. The van der Waals surface area contributed by atoms with Crippen LogP contribution in [0.4, 0.5) is 0 Å². The van der Waals surface area contributed by atoms with Gasteiger partial charge in [0.15, 0.2) is 0 Å². The summed E-state index contributed by atoms with van der Waals surface area (Å²) in [5, 5.41) is 3.82. The van der Waals surface area contributed by atoms with Gasteiger partial charge < -0.3 is 14.8 Å². The van der Waals surface area contributed by atoms with Gasteiger partial charge in [0, 0.05) is 42.7 Å². The van der Waals surface area contributed by atoms with Gasteiger partial charge in [-0.3, -0.25) is 9.78 Å². The lowest BCUT2D eigenvalue weighted by atomic mass is 10.0. The van der Waals surface area contributed by atoms with Crippen molar-refractivity contribution >= 4 is 16.8 Å². The van der Waals surface area contributed by atoms with Gasteiger partial charge in [-0.05, 0) is 48.4 Å². The summed E-state index contributed by atoms with van der Waals surface area (Å²) in [6.45, 7) is 2.66. The molecule has 27 heavy (non-hydrogen) atoms. The van der Waals surface area contributed by atoms with E-state index in [9.17, 15) is 4.79 Å².